The summed E-state index contributed by atoms with van der Waals surface area (Å²) in [6, 6.07) is 4.20. The fraction of sp³-hybridized carbons (Fsp3) is 0.375. The van der Waals surface area contributed by atoms with E-state index in [0.29, 0.717) is 6.42 Å². The first kappa shape index (κ1) is 12.9. The molecular formula is C16H20O2. The summed E-state index contributed by atoms with van der Waals surface area (Å²) in [5, 5.41) is 20.0. The van der Waals surface area contributed by atoms with Crippen LogP contribution in [0.3, 0.4) is 0 Å². The summed E-state index contributed by atoms with van der Waals surface area (Å²) in [5.41, 5.74) is 6.39. The van der Waals surface area contributed by atoms with Crippen LogP contribution in [0.25, 0.3) is 5.57 Å². The summed E-state index contributed by atoms with van der Waals surface area (Å²) in [5.74, 6) is 0.0914. The lowest BCUT2D eigenvalue weighted by Gasteiger charge is -2.21. The first-order chi connectivity index (χ1) is 8.40. The highest BCUT2D eigenvalue weighted by Crippen LogP contribution is 2.32. The molecular weight excluding hydrogens is 224 g/mol. The molecule has 0 saturated carbocycles. The van der Waals surface area contributed by atoms with E-state index >= 15 is 0 Å². The first-order valence-electron chi connectivity index (χ1n) is 6.26. The van der Waals surface area contributed by atoms with Crippen molar-refractivity contribution in [2.45, 2.75) is 40.2 Å². The molecule has 0 amide bonds. The van der Waals surface area contributed by atoms with Crippen molar-refractivity contribution in [2.75, 3.05) is 0 Å². The predicted molar refractivity (Wildman–Crippen MR) is 74.6 cm³/mol. The van der Waals surface area contributed by atoms with Crippen LogP contribution in [0.1, 0.15) is 35.6 Å². The molecule has 1 aromatic rings. The largest absolute Gasteiger partial charge is 0.509 e. The van der Waals surface area contributed by atoms with Gasteiger partial charge in [0, 0.05) is 12.0 Å². The zero-order valence-corrected chi connectivity index (χ0v) is 11.4. The molecule has 0 saturated heterocycles. The van der Waals surface area contributed by atoms with Gasteiger partial charge in [-0.25, -0.2) is 0 Å². The molecule has 0 spiro atoms. The summed E-state index contributed by atoms with van der Waals surface area (Å²) in [4.78, 5) is 0. The van der Waals surface area contributed by atoms with Crippen molar-refractivity contribution < 1.29 is 10.2 Å². The minimum atomic E-state index is -0.773. The lowest BCUT2D eigenvalue weighted by Crippen LogP contribution is -2.16. The summed E-state index contributed by atoms with van der Waals surface area (Å²) >= 11 is 0. The van der Waals surface area contributed by atoms with Gasteiger partial charge in [-0.15, -0.1) is 0 Å². The van der Waals surface area contributed by atoms with Gasteiger partial charge in [0.15, 0.2) is 0 Å². The number of benzene rings is 1. The molecule has 0 bridgehead atoms. The van der Waals surface area contributed by atoms with Crippen LogP contribution in [0.4, 0.5) is 0 Å². The first-order valence-corrected chi connectivity index (χ1v) is 6.26. The Morgan fingerprint density at radius 3 is 2.44 bits per heavy atom. The van der Waals surface area contributed by atoms with Crippen molar-refractivity contribution in [2.24, 2.45) is 0 Å². The van der Waals surface area contributed by atoms with E-state index in [0.717, 1.165) is 22.3 Å². The Morgan fingerprint density at radius 1 is 1.11 bits per heavy atom. The van der Waals surface area contributed by atoms with Gasteiger partial charge >= 0.3 is 0 Å². The zero-order chi connectivity index (χ0) is 13.4. The summed E-state index contributed by atoms with van der Waals surface area (Å²) in [7, 11) is 0. The fourth-order valence-corrected chi connectivity index (χ4v) is 2.50. The van der Waals surface area contributed by atoms with Gasteiger partial charge in [-0.05, 0) is 44.4 Å². The van der Waals surface area contributed by atoms with Gasteiger partial charge < -0.3 is 10.2 Å². The Hall–Kier alpha value is -1.54. The maximum absolute atomic E-state index is 10.1. The third-order valence-corrected chi connectivity index (χ3v) is 3.60. The number of rotatable bonds is 1. The topological polar surface area (TPSA) is 40.5 Å². The van der Waals surface area contributed by atoms with Gasteiger partial charge in [0.1, 0.15) is 11.9 Å². The molecule has 0 heterocycles. The highest BCUT2D eigenvalue weighted by molar-refractivity contribution is 5.80. The van der Waals surface area contributed by atoms with Crippen LogP contribution < -0.4 is 0 Å². The van der Waals surface area contributed by atoms with Crippen molar-refractivity contribution in [1.29, 1.82) is 0 Å². The summed E-state index contributed by atoms with van der Waals surface area (Å²) < 4.78 is 0. The number of allylic oxidation sites excluding steroid dienone is 2. The van der Waals surface area contributed by atoms with Gasteiger partial charge in [-0.2, -0.15) is 0 Å². The fourth-order valence-electron chi connectivity index (χ4n) is 2.50. The molecule has 2 nitrogen and oxygen atoms in total. The molecule has 0 fully saturated rings. The van der Waals surface area contributed by atoms with Crippen molar-refractivity contribution in [3.05, 3.63) is 51.8 Å². The van der Waals surface area contributed by atoms with E-state index in [2.05, 4.69) is 26.0 Å². The second kappa shape index (κ2) is 4.62. The Kier molecular flexibility index (Phi) is 3.31. The van der Waals surface area contributed by atoms with Crippen molar-refractivity contribution in [3.63, 3.8) is 0 Å². The maximum Gasteiger partial charge on any atom is 0.129 e. The van der Waals surface area contributed by atoms with Crippen LogP contribution in [0.15, 0.2) is 29.5 Å². The lowest BCUT2D eigenvalue weighted by molar-refractivity contribution is 0.153. The molecule has 2 N–H and O–H groups in total. The van der Waals surface area contributed by atoms with Crippen LogP contribution in [0.2, 0.25) is 0 Å². The molecule has 0 aliphatic heterocycles. The highest BCUT2D eigenvalue weighted by Gasteiger charge is 2.22. The normalized spacial score (nSPS) is 20.1. The smallest absolute Gasteiger partial charge is 0.129 e. The molecule has 1 unspecified atom stereocenters. The molecule has 1 aliphatic rings. The van der Waals surface area contributed by atoms with E-state index in [4.69, 9.17) is 0 Å². The third-order valence-electron chi connectivity index (χ3n) is 3.60. The number of hydrogen-bond acceptors (Lipinski definition) is 2. The van der Waals surface area contributed by atoms with Crippen LogP contribution >= 0.6 is 0 Å². The molecule has 0 aromatic heterocycles. The number of hydrogen-bond donors (Lipinski definition) is 2. The number of aliphatic hydroxyl groups excluding tert-OH is 2. The molecule has 18 heavy (non-hydrogen) atoms. The summed E-state index contributed by atoms with van der Waals surface area (Å²) in [6.45, 7) is 8.14. The molecule has 2 rings (SSSR count). The van der Waals surface area contributed by atoms with E-state index in [9.17, 15) is 10.2 Å². The van der Waals surface area contributed by atoms with Crippen molar-refractivity contribution in [1.82, 2.24) is 0 Å². The van der Waals surface area contributed by atoms with Gasteiger partial charge in [-0.3, -0.25) is 0 Å². The van der Waals surface area contributed by atoms with Crippen LogP contribution in [-0.4, -0.2) is 16.3 Å². The predicted octanol–water partition coefficient (Wildman–Crippen LogP) is 3.59. The van der Waals surface area contributed by atoms with E-state index in [-0.39, 0.29) is 5.76 Å². The van der Waals surface area contributed by atoms with Crippen molar-refractivity contribution >= 4 is 5.57 Å². The highest BCUT2D eigenvalue weighted by atomic mass is 16.3. The van der Waals surface area contributed by atoms with Crippen molar-refractivity contribution in [3.8, 4) is 0 Å². The average Bonchev–Trinajstić information content (AvgIpc) is 2.28. The zero-order valence-electron chi connectivity index (χ0n) is 11.4. The quantitative estimate of drug-likeness (QED) is 0.792. The Labute approximate surface area is 108 Å². The van der Waals surface area contributed by atoms with Crippen LogP contribution in [0.5, 0.6) is 0 Å². The van der Waals surface area contributed by atoms with E-state index in [1.807, 2.05) is 19.9 Å². The molecule has 0 radical (unpaired) electrons. The monoisotopic (exact) mass is 244 g/mol. The summed E-state index contributed by atoms with van der Waals surface area (Å²) in [6.07, 6.45) is 1.72. The minimum Gasteiger partial charge on any atom is -0.509 e. The number of aliphatic hydroxyl groups is 2. The molecule has 1 aliphatic carbocycles. The van der Waals surface area contributed by atoms with E-state index in [1.165, 1.54) is 11.1 Å². The average molecular weight is 244 g/mol. The van der Waals surface area contributed by atoms with Gasteiger partial charge in [0.25, 0.3) is 0 Å². The van der Waals surface area contributed by atoms with Gasteiger partial charge in [0.2, 0.25) is 0 Å². The Morgan fingerprint density at radius 2 is 1.78 bits per heavy atom. The maximum atomic E-state index is 10.1. The van der Waals surface area contributed by atoms with Gasteiger partial charge in [-0.1, -0.05) is 29.3 Å². The Bertz CT molecular complexity index is 550. The number of aryl methyl sites for hydroxylation is 2. The van der Waals surface area contributed by atoms with Gasteiger partial charge in [0.05, 0.1) is 0 Å². The standard InChI is InChI=1S/C16H20O2/c1-9-5-11(3)12(4)13(6-9)14-7-10(2)8-15(17)16(14)18/h5-7,15,17-18H,8H2,1-4H3. The molecule has 1 atom stereocenters. The second-order valence-electron chi connectivity index (χ2n) is 5.26. The molecule has 2 heteroatoms. The van der Waals surface area contributed by atoms with Crippen LogP contribution in [0, 0.1) is 20.8 Å². The van der Waals surface area contributed by atoms with E-state index < -0.39 is 6.10 Å². The molecule has 96 valence electrons. The van der Waals surface area contributed by atoms with E-state index in [1.54, 1.807) is 0 Å². The third kappa shape index (κ3) is 2.21. The lowest BCUT2D eigenvalue weighted by atomic mass is 9.88. The SMILES string of the molecule is CC1=CC(c2cc(C)cc(C)c2C)=C(O)C(O)C1. The molecule has 1 aromatic carbocycles. The minimum absolute atomic E-state index is 0.0914. The Balaban J connectivity index is 2.65. The van der Waals surface area contributed by atoms with Crippen LogP contribution in [-0.2, 0) is 0 Å². The second-order valence-corrected chi connectivity index (χ2v) is 5.26.